The molecule has 1 saturated heterocycles. The van der Waals surface area contributed by atoms with Crippen LogP contribution in [0.3, 0.4) is 0 Å². The van der Waals surface area contributed by atoms with Crippen LogP contribution in [-0.4, -0.2) is 64.8 Å². The number of piperidine rings is 1. The summed E-state index contributed by atoms with van der Waals surface area (Å²) >= 11 is 0. The van der Waals surface area contributed by atoms with Crippen LogP contribution in [0, 0.1) is 5.92 Å². The van der Waals surface area contributed by atoms with Crippen molar-refractivity contribution in [1.29, 1.82) is 0 Å². The van der Waals surface area contributed by atoms with Gasteiger partial charge in [0.2, 0.25) is 0 Å². The number of carboxylic acid groups (broad SMARTS) is 1. The van der Waals surface area contributed by atoms with E-state index in [0.29, 0.717) is 26.2 Å². The average molecular weight is 286 g/mol. The first-order chi connectivity index (χ1) is 9.58. The first-order valence-electron chi connectivity index (χ1n) is 7.45. The maximum Gasteiger partial charge on any atom is 0.320 e. The number of amides is 2. The second-order valence-electron chi connectivity index (χ2n) is 5.40. The molecule has 0 aromatic heterocycles. The highest BCUT2D eigenvalue weighted by Crippen LogP contribution is 2.20. The smallest absolute Gasteiger partial charge is 0.320 e. The molecule has 1 fully saturated rings. The maximum absolute atomic E-state index is 12.4. The number of carbonyl (C=O) groups excluding carboxylic acids is 1. The number of rotatable bonds is 7. The van der Waals surface area contributed by atoms with E-state index in [1.54, 1.807) is 9.80 Å². The normalized spacial score (nSPS) is 18.9. The fraction of sp³-hybridized carbons (Fsp3) is 0.857. The number of aliphatic hydroxyl groups excluding tert-OH is 1. The zero-order chi connectivity index (χ0) is 15.0. The largest absolute Gasteiger partial charge is 0.481 e. The Bertz CT molecular complexity index is 322. The lowest BCUT2D eigenvalue weighted by Gasteiger charge is -2.36. The van der Waals surface area contributed by atoms with Gasteiger partial charge in [0, 0.05) is 32.6 Å². The number of carboxylic acids is 1. The molecule has 0 bridgehead atoms. The third-order valence-corrected chi connectivity index (χ3v) is 3.67. The van der Waals surface area contributed by atoms with Crippen LogP contribution in [0.2, 0.25) is 0 Å². The van der Waals surface area contributed by atoms with Crippen LogP contribution >= 0.6 is 0 Å². The van der Waals surface area contributed by atoms with Gasteiger partial charge in [-0.15, -0.1) is 0 Å². The monoisotopic (exact) mass is 286 g/mol. The Morgan fingerprint density at radius 2 is 2.10 bits per heavy atom. The molecule has 2 amide bonds. The van der Waals surface area contributed by atoms with Gasteiger partial charge in [0.25, 0.3) is 0 Å². The van der Waals surface area contributed by atoms with Crippen LogP contribution < -0.4 is 0 Å². The fourth-order valence-corrected chi connectivity index (χ4v) is 2.63. The number of aliphatic hydroxyl groups is 1. The van der Waals surface area contributed by atoms with Gasteiger partial charge in [-0.05, 0) is 25.2 Å². The van der Waals surface area contributed by atoms with E-state index in [1.165, 1.54) is 0 Å². The summed E-state index contributed by atoms with van der Waals surface area (Å²) in [5.41, 5.74) is 0. The molecule has 1 heterocycles. The highest BCUT2D eigenvalue weighted by Gasteiger charge is 2.27. The van der Waals surface area contributed by atoms with Crippen molar-refractivity contribution < 1.29 is 19.8 Å². The molecule has 0 aromatic carbocycles. The average Bonchev–Trinajstić information content (AvgIpc) is 2.42. The zero-order valence-electron chi connectivity index (χ0n) is 12.3. The van der Waals surface area contributed by atoms with Crippen molar-refractivity contribution in [2.45, 2.75) is 39.0 Å². The highest BCUT2D eigenvalue weighted by molar-refractivity contribution is 5.74. The van der Waals surface area contributed by atoms with E-state index in [1.807, 2.05) is 0 Å². The Labute approximate surface area is 120 Å². The van der Waals surface area contributed by atoms with E-state index < -0.39 is 5.97 Å². The molecule has 2 N–H and O–H groups in total. The SMILES string of the molecule is CCCCN(CCO)C(=O)N1CCCC(CC(=O)O)C1. The summed E-state index contributed by atoms with van der Waals surface area (Å²) in [6, 6.07) is -0.0670. The van der Waals surface area contributed by atoms with Gasteiger partial charge in [-0.2, -0.15) is 0 Å². The Hall–Kier alpha value is -1.30. The predicted octanol–water partition coefficient (Wildman–Crippen LogP) is 1.39. The standard InChI is InChI=1S/C14H26N2O4/c1-2-3-6-15(8-9-17)14(20)16-7-4-5-12(11-16)10-13(18)19/h12,17H,2-11H2,1H3,(H,18,19). The molecule has 1 rings (SSSR count). The molecule has 0 spiro atoms. The molecule has 0 radical (unpaired) electrons. The summed E-state index contributed by atoms with van der Waals surface area (Å²) in [5, 5.41) is 17.9. The van der Waals surface area contributed by atoms with Crippen molar-refractivity contribution in [3.8, 4) is 0 Å². The van der Waals surface area contributed by atoms with Crippen LogP contribution in [0.1, 0.15) is 39.0 Å². The minimum Gasteiger partial charge on any atom is -0.481 e. The highest BCUT2D eigenvalue weighted by atomic mass is 16.4. The molecule has 0 aromatic rings. The van der Waals surface area contributed by atoms with Crippen molar-refractivity contribution in [2.24, 2.45) is 5.92 Å². The second kappa shape index (κ2) is 8.79. The van der Waals surface area contributed by atoms with Crippen molar-refractivity contribution >= 4 is 12.0 Å². The Balaban J connectivity index is 2.56. The minimum absolute atomic E-state index is 0.0398. The molecule has 1 unspecified atom stereocenters. The van der Waals surface area contributed by atoms with E-state index in [0.717, 1.165) is 25.7 Å². The zero-order valence-corrected chi connectivity index (χ0v) is 12.3. The first-order valence-corrected chi connectivity index (χ1v) is 7.45. The number of aliphatic carboxylic acids is 1. The topological polar surface area (TPSA) is 81.1 Å². The van der Waals surface area contributed by atoms with Crippen LogP contribution in [0.25, 0.3) is 0 Å². The molecule has 20 heavy (non-hydrogen) atoms. The number of hydrogen-bond donors (Lipinski definition) is 2. The third-order valence-electron chi connectivity index (χ3n) is 3.67. The minimum atomic E-state index is -0.803. The number of unbranched alkanes of at least 4 members (excludes halogenated alkanes) is 1. The second-order valence-corrected chi connectivity index (χ2v) is 5.40. The third kappa shape index (κ3) is 5.36. The Kier molecular flexibility index (Phi) is 7.36. The van der Waals surface area contributed by atoms with Gasteiger partial charge in [0.15, 0.2) is 0 Å². The van der Waals surface area contributed by atoms with Gasteiger partial charge in [-0.1, -0.05) is 13.3 Å². The number of carbonyl (C=O) groups is 2. The summed E-state index contributed by atoms with van der Waals surface area (Å²) in [6.45, 7) is 4.21. The van der Waals surface area contributed by atoms with Gasteiger partial charge < -0.3 is 20.0 Å². The van der Waals surface area contributed by atoms with Gasteiger partial charge in [-0.25, -0.2) is 4.79 Å². The molecule has 1 aliphatic rings. The quantitative estimate of drug-likeness (QED) is 0.741. The summed E-state index contributed by atoms with van der Waals surface area (Å²) in [4.78, 5) is 26.6. The summed E-state index contributed by atoms with van der Waals surface area (Å²) in [6.07, 6.45) is 3.75. The summed E-state index contributed by atoms with van der Waals surface area (Å²) in [5.74, 6) is -0.755. The van der Waals surface area contributed by atoms with E-state index in [9.17, 15) is 9.59 Å². The molecule has 0 saturated carbocycles. The fourth-order valence-electron chi connectivity index (χ4n) is 2.63. The van der Waals surface area contributed by atoms with E-state index >= 15 is 0 Å². The van der Waals surface area contributed by atoms with Crippen molar-refractivity contribution in [1.82, 2.24) is 9.80 Å². The number of urea groups is 1. The van der Waals surface area contributed by atoms with Gasteiger partial charge >= 0.3 is 12.0 Å². The van der Waals surface area contributed by atoms with Crippen molar-refractivity contribution in [3.05, 3.63) is 0 Å². The maximum atomic E-state index is 12.4. The molecule has 0 aliphatic carbocycles. The van der Waals surface area contributed by atoms with Crippen LogP contribution in [-0.2, 0) is 4.79 Å². The van der Waals surface area contributed by atoms with Crippen LogP contribution in [0.4, 0.5) is 4.79 Å². The lowest BCUT2D eigenvalue weighted by Crippen LogP contribution is -2.48. The lowest BCUT2D eigenvalue weighted by molar-refractivity contribution is -0.138. The van der Waals surface area contributed by atoms with Gasteiger partial charge in [0.1, 0.15) is 0 Å². The molecule has 6 nitrogen and oxygen atoms in total. The number of likely N-dealkylation sites (tertiary alicyclic amines) is 1. The lowest BCUT2D eigenvalue weighted by atomic mass is 9.95. The van der Waals surface area contributed by atoms with Gasteiger partial charge in [0.05, 0.1) is 6.61 Å². The van der Waals surface area contributed by atoms with Crippen LogP contribution in [0.5, 0.6) is 0 Å². The Morgan fingerprint density at radius 1 is 1.35 bits per heavy atom. The van der Waals surface area contributed by atoms with E-state index in [-0.39, 0.29) is 25.0 Å². The van der Waals surface area contributed by atoms with E-state index in [4.69, 9.17) is 10.2 Å². The predicted molar refractivity (Wildman–Crippen MR) is 75.5 cm³/mol. The summed E-state index contributed by atoms with van der Waals surface area (Å²) in [7, 11) is 0. The molecule has 6 heteroatoms. The van der Waals surface area contributed by atoms with Gasteiger partial charge in [-0.3, -0.25) is 4.79 Å². The molecule has 1 aliphatic heterocycles. The molecular formula is C14H26N2O4. The molecule has 1 atom stereocenters. The van der Waals surface area contributed by atoms with Crippen molar-refractivity contribution in [2.75, 3.05) is 32.8 Å². The number of hydrogen-bond acceptors (Lipinski definition) is 3. The first kappa shape index (κ1) is 16.8. The number of nitrogens with zero attached hydrogens (tertiary/aromatic N) is 2. The molecular weight excluding hydrogens is 260 g/mol. The summed E-state index contributed by atoms with van der Waals surface area (Å²) < 4.78 is 0. The van der Waals surface area contributed by atoms with E-state index in [2.05, 4.69) is 6.92 Å². The van der Waals surface area contributed by atoms with Crippen molar-refractivity contribution in [3.63, 3.8) is 0 Å². The van der Waals surface area contributed by atoms with Crippen LogP contribution in [0.15, 0.2) is 0 Å². The Morgan fingerprint density at radius 3 is 2.70 bits per heavy atom. The molecule has 116 valence electrons.